The van der Waals surface area contributed by atoms with Gasteiger partial charge in [-0.2, -0.15) is 0 Å². The summed E-state index contributed by atoms with van der Waals surface area (Å²) in [6.45, 7) is 7.16. The van der Waals surface area contributed by atoms with Crippen molar-refractivity contribution < 1.29 is 9.32 Å². The number of benzene rings is 1. The third-order valence-corrected chi connectivity index (χ3v) is 4.03. The molecule has 1 aromatic carbocycles. The van der Waals surface area contributed by atoms with E-state index in [4.69, 9.17) is 4.52 Å². The number of fused-ring (bicyclic) bond motifs is 1. The minimum absolute atomic E-state index is 0.118. The molecule has 0 saturated heterocycles. The van der Waals surface area contributed by atoms with Crippen LogP contribution in [0.15, 0.2) is 35.1 Å². The number of carbonyl (C=O) groups excluding carboxylic acids is 1. The van der Waals surface area contributed by atoms with Gasteiger partial charge in [-0.05, 0) is 25.5 Å². The van der Waals surface area contributed by atoms with Crippen molar-refractivity contribution in [1.82, 2.24) is 20.0 Å². The monoisotopic (exact) mass is 326 g/mol. The second-order valence-electron chi connectivity index (χ2n) is 6.20. The van der Waals surface area contributed by atoms with E-state index < -0.39 is 0 Å². The zero-order valence-corrected chi connectivity index (χ0v) is 14.2. The van der Waals surface area contributed by atoms with E-state index in [1.165, 1.54) is 0 Å². The maximum Gasteiger partial charge on any atom is 0.256 e. The van der Waals surface area contributed by atoms with Crippen LogP contribution in [0, 0.1) is 6.92 Å². The summed E-state index contributed by atoms with van der Waals surface area (Å²) >= 11 is 0. The van der Waals surface area contributed by atoms with Crippen molar-refractivity contribution in [3.63, 3.8) is 0 Å². The minimum atomic E-state index is -0.118. The van der Waals surface area contributed by atoms with Gasteiger partial charge in [0.25, 0.3) is 5.91 Å². The maximum absolute atomic E-state index is 12.4. The van der Waals surface area contributed by atoms with E-state index in [0.29, 0.717) is 23.6 Å². The van der Waals surface area contributed by atoms with Crippen molar-refractivity contribution in [1.29, 1.82) is 0 Å². The zero-order chi connectivity index (χ0) is 17.1. The molecule has 0 spiro atoms. The lowest BCUT2D eigenvalue weighted by atomic mass is 10.0. The van der Waals surface area contributed by atoms with Crippen molar-refractivity contribution in [2.75, 3.05) is 6.54 Å². The molecule has 3 aromatic rings. The Morgan fingerprint density at radius 3 is 2.92 bits per heavy atom. The molecule has 2 aromatic heterocycles. The molecular formula is C18H22N4O2. The highest BCUT2D eigenvalue weighted by Crippen LogP contribution is 2.22. The first kappa shape index (κ1) is 16.2. The third kappa shape index (κ3) is 3.18. The highest BCUT2D eigenvalue weighted by atomic mass is 16.5. The molecule has 6 nitrogen and oxygen atoms in total. The molecule has 0 atom stereocenters. The first-order chi connectivity index (χ1) is 11.6. The summed E-state index contributed by atoms with van der Waals surface area (Å²) < 4.78 is 7.37. The Balaban J connectivity index is 1.57. The molecule has 6 heteroatoms. The molecule has 1 N–H and O–H groups in total. The molecule has 2 heterocycles. The Morgan fingerprint density at radius 2 is 2.12 bits per heavy atom. The molecule has 0 unspecified atom stereocenters. The lowest BCUT2D eigenvalue weighted by Crippen LogP contribution is -2.26. The van der Waals surface area contributed by atoms with Gasteiger partial charge in [0.2, 0.25) is 0 Å². The van der Waals surface area contributed by atoms with Gasteiger partial charge in [-0.25, -0.2) is 4.98 Å². The number of nitrogens with zero attached hydrogens (tertiary/aromatic N) is 3. The van der Waals surface area contributed by atoms with Crippen LogP contribution in [-0.4, -0.2) is 27.2 Å². The van der Waals surface area contributed by atoms with E-state index in [0.717, 1.165) is 24.0 Å². The van der Waals surface area contributed by atoms with Crippen molar-refractivity contribution in [3.05, 3.63) is 47.6 Å². The van der Waals surface area contributed by atoms with Crippen molar-refractivity contribution >= 4 is 16.9 Å². The standard InChI is InChI=1S/C18H22N4O2/c1-12(2)17-16(13(3)21-24-17)18(23)19-9-6-10-22-11-20-14-7-4-5-8-15(14)22/h4-5,7-8,11-12H,6,9-10H2,1-3H3,(H,19,23). The molecule has 24 heavy (non-hydrogen) atoms. The summed E-state index contributed by atoms with van der Waals surface area (Å²) in [6.07, 6.45) is 2.67. The number of carbonyl (C=O) groups is 1. The Morgan fingerprint density at radius 1 is 1.33 bits per heavy atom. The molecule has 1 amide bonds. The summed E-state index contributed by atoms with van der Waals surface area (Å²) in [6, 6.07) is 8.03. The van der Waals surface area contributed by atoms with Crippen LogP contribution < -0.4 is 5.32 Å². The number of nitrogens with one attached hydrogen (secondary N) is 1. The van der Waals surface area contributed by atoms with Gasteiger partial charge >= 0.3 is 0 Å². The van der Waals surface area contributed by atoms with Crippen molar-refractivity contribution in [2.24, 2.45) is 0 Å². The van der Waals surface area contributed by atoms with E-state index in [-0.39, 0.29) is 11.8 Å². The molecule has 3 rings (SSSR count). The van der Waals surface area contributed by atoms with Crippen LogP contribution >= 0.6 is 0 Å². The number of amides is 1. The fourth-order valence-corrected chi connectivity index (χ4v) is 2.79. The number of rotatable bonds is 6. The van der Waals surface area contributed by atoms with Gasteiger partial charge in [-0.15, -0.1) is 0 Å². The smallest absolute Gasteiger partial charge is 0.256 e. The van der Waals surface area contributed by atoms with Gasteiger partial charge in [0.05, 0.1) is 23.1 Å². The predicted molar refractivity (Wildman–Crippen MR) is 92.0 cm³/mol. The molecule has 0 aliphatic carbocycles. The highest BCUT2D eigenvalue weighted by Gasteiger charge is 2.22. The molecule has 0 radical (unpaired) electrons. The van der Waals surface area contributed by atoms with Crippen LogP contribution in [0.4, 0.5) is 0 Å². The summed E-state index contributed by atoms with van der Waals surface area (Å²) in [4.78, 5) is 16.8. The lowest BCUT2D eigenvalue weighted by Gasteiger charge is -2.08. The maximum atomic E-state index is 12.4. The average Bonchev–Trinajstić information content (AvgIpc) is 3.15. The second kappa shape index (κ2) is 6.86. The van der Waals surface area contributed by atoms with Crippen molar-refractivity contribution in [3.8, 4) is 0 Å². The van der Waals surface area contributed by atoms with E-state index in [1.54, 1.807) is 6.92 Å². The van der Waals surface area contributed by atoms with E-state index in [1.807, 2.05) is 38.4 Å². The minimum Gasteiger partial charge on any atom is -0.360 e. The topological polar surface area (TPSA) is 73.0 Å². The fourth-order valence-electron chi connectivity index (χ4n) is 2.79. The zero-order valence-electron chi connectivity index (χ0n) is 14.2. The summed E-state index contributed by atoms with van der Waals surface area (Å²) in [7, 11) is 0. The van der Waals surface area contributed by atoms with Crippen LogP contribution in [0.25, 0.3) is 11.0 Å². The largest absolute Gasteiger partial charge is 0.360 e. The molecule has 0 fully saturated rings. The number of aryl methyl sites for hydroxylation is 2. The number of imidazole rings is 1. The van der Waals surface area contributed by atoms with Gasteiger partial charge in [0.15, 0.2) is 5.76 Å². The molecule has 0 bridgehead atoms. The molecular weight excluding hydrogens is 304 g/mol. The highest BCUT2D eigenvalue weighted by molar-refractivity contribution is 5.96. The van der Waals surface area contributed by atoms with Crippen LogP contribution in [0.2, 0.25) is 0 Å². The van der Waals surface area contributed by atoms with Gasteiger partial charge in [-0.3, -0.25) is 4.79 Å². The number of aromatic nitrogens is 3. The molecule has 0 aliphatic heterocycles. The van der Waals surface area contributed by atoms with Gasteiger partial charge in [-0.1, -0.05) is 31.1 Å². The van der Waals surface area contributed by atoms with Gasteiger partial charge in [0, 0.05) is 19.0 Å². The Bertz CT molecular complexity index is 848. The van der Waals surface area contributed by atoms with Crippen LogP contribution in [0.5, 0.6) is 0 Å². The van der Waals surface area contributed by atoms with Gasteiger partial charge in [0.1, 0.15) is 5.56 Å². The first-order valence-electron chi connectivity index (χ1n) is 8.22. The van der Waals surface area contributed by atoms with E-state index in [9.17, 15) is 4.79 Å². The lowest BCUT2D eigenvalue weighted by molar-refractivity contribution is 0.0949. The van der Waals surface area contributed by atoms with Crippen LogP contribution in [0.1, 0.15) is 48.0 Å². The van der Waals surface area contributed by atoms with Gasteiger partial charge < -0.3 is 14.4 Å². The normalized spacial score (nSPS) is 11.3. The van der Waals surface area contributed by atoms with E-state index >= 15 is 0 Å². The van der Waals surface area contributed by atoms with Crippen LogP contribution in [-0.2, 0) is 6.54 Å². The molecule has 0 saturated carbocycles. The summed E-state index contributed by atoms with van der Waals surface area (Å²) in [5.41, 5.74) is 3.30. The van der Waals surface area contributed by atoms with Crippen molar-refractivity contribution in [2.45, 2.75) is 39.7 Å². The number of hydrogen-bond donors (Lipinski definition) is 1. The predicted octanol–water partition coefficient (Wildman–Crippen LogP) is 3.28. The molecule has 126 valence electrons. The second-order valence-corrected chi connectivity index (χ2v) is 6.20. The quantitative estimate of drug-likeness (QED) is 0.706. The fraction of sp³-hybridized carbons (Fsp3) is 0.389. The third-order valence-electron chi connectivity index (χ3n) is 4.03. The number of hydrogen-bond acceptors (Lipinski definition) is 4. The Hall–Kier alpha value is -2.63. The number of para-hydroxylation sites is 2. The summed E-state index contributed by atoms with van der Waals surface area (Å²) in [5, 5.41) is 6.87. The SMILES string of the molecule is Cc1noc(C(C)C)c1C(=O)NCCCn1cnc2ccccc21. The summed E-state index contributed by atoms with van der Waals surface area (Å²) in [5.74, 6) is 0.655. The van der Waals surface area contributed by atoms with Crippen LogP contribution in [0.3, 0.4) is 0 Å². The first-order valence-corrected chi connectivity index (χ1v) is 8.22. The Labute approximate surface area is 140 Å². The van der Waals surface area contributed by atoms with E-state index in [2.05, 4.69) is 26.1 Å². The average molecular weight is 326 g/mol. The Kier molecular flexibility index (Phi) is 4.64. The molecule has 0 aliphatic rings.